The summed E-state index contributed by atoms with van der Waals surface area (Å²) in [6.07, 6.45) is 6.43. The normalized spacial score (nSPS) is 15.9. The predicted octanol–water partition coefficient (Wildman–Crippen LogP) is 3.39. The van der Waals surface area contributed by atoms with E-state index in [1.165, 1.54) is 17.6 Å². The number of aromatic nitrogens is 5. The molecule has 0 radical (unpaired) electrons. The maximum absolute atomic E-state index is 10.4. The third-order valence-corrected chi connectivity index (χ3v) is 4.24. The van der Waals surface area contributed by atoms with Gasteiger partial charge in [-0.05, 0) is 44.0 Å². The van der Waals surface area contributed by atoms with Crippen molar-refractivity contribution in [1.29, 1.82) is 0 Å². The highest BCUT2D eigenvalue weighted by Crippen LogP contribution is 2.29. The van der Waals surface area contributed by atoms with Gasteiger partial charge >= 0.3 is 0 Å². The lowest BCUT2D eigenvalue weighted by Crippen LogP contribution is -2.19. The lowest BCUT2D eigenvalue weighted by Gasteiger charge is -2.15. The Kier molecular flexibility index (Phi) is 3.03. The van der Waals surface area contributed by atoms with E-state index in [0.717, 1.165) is 22.3 Å². The molecule has 6 heteroatoms. The first-order valence-corrected chi connectivity index (χ1v) is 8.13. The summed E-state index contributed by atoms with van der Waals surface area (Å²) in [7, 11) is 0. The van der Waals surface area contributed by atoms with Gasteiger partial charge in [0.25, 0.3) is 5.78 Å². The van der Waals surface area contributed by atoms with Crippen LogP contribution in [0.5, 0.6) is 0 Å². The zero-order valence-electron chi connectivity index (χ0n) is 17.4. The molecule has 130 valence electrons. The summed E-state index contributed by atoms with van der Waals surface area (Å²) in [5, 5.41) is 14.7. The zero-order chi connectivity index (χ0) is 20.8. The van der Waals surface area contributed by atoms with Crippen molar-refractivity contribution in [1.82, 2.24) is 24.6 Å². The second kappa shape index (κ2) is 6.00. The van der Waals surface area contributed by atoms with E-state index in [4.69, 9.17) is 4.11 Å². The molecule has 0 amide bonds. The Morgan fingerprint density at radius 1 is 1.15 bits per heavy atom. The SMILES string of the molecule is [2H]C([2H])([2H])C(C)(O)c1cnn2c(-c3ccc(C)c(-c4cccnc4)c3)cnc2n1. The molecule has 0 saturated carbocycles. The predicted molar refractivity (Wildman–Crippen MR) is 99.4 cm³/mol. The van der Waals surface area contributed by atoms with E-state index in [2.05, 4.69) is 20.1 Å². The van der Waals surface area contributed by atoms with Crippen LogP contribution in [0.1, 0.15) is 29.1 Å². The molecule has 4 aromatic rings. The van der Waals surface area contributed by atoms with Crippen molar-refractivity contribution < 1.29 is 9.22 Å². The number of imidazole rings is 1. The molecule has 0 bridgehead atoms. The topological polar surface area (TPSA) is 76.2 Å². The summed E-state index contributed by atoms with van der Waals surface area (Å²) >= 11 is 0. The van der Waals surface area contributed by atoms with Gasteiger partial charge in [-0.1, -0.05) is 18.2 Å². The van der Waals surface area contributed by atoms with E-state index in [1.807, 2.05) is 43.5 Å². The van der Waals surface area contributed by atoms with Gasteiger partial charge in [0.2, 0.25) is 0 Å². The quantitative estimate of drug-likeness (QED) is 0.614. The van der Waals surface area contributed by atoms with E-state index in [1.54, 1.807) is 12.4 Å². The number of aryl methyl sites for hydroxylation is 1. The molecular formula is C20H19N5O. The van der Waals surface area contributed by atoms with Crippen LogP contribution in [0, 0.1) is 6.92 Å². The molecule has 6 nitrogen and oxygen atoms in total. The molecular weight excluding hydrogens is 326 g/mol. The second-order valence-electron chi connectivity index (χ2n) is 6.34. The highest BCUT2D eigenvalue weighted by atomic mass is 16.3. The first-order chi connectivity index (χ1) is 13.7. The number of pyridine rings is 1. The van der Waals surface area contributed by atoms with Crippen molar-refractivity contribution in [2.24, 2.45) is 0 Å². The molecule has 0 aliphatic carbocycles. The Balaban J connectivity index is 1.80. The number of nitrogens with zero attached hydrogens (tertiary/aromatic N) is 5. The summed E-state index contributed by atoms with van der Waals surface area (Å²) < 4.78 is 24.1. The number of rotatable bonds is 3. The van der Waals surface area contributed by atoms with Gasteiger partial charge in [0.05, 0.1) is 23.8 Å². The number of aliphatic hydroxyl groups is 1. The molecule has 1 unspecified atom stereocenters. The van der Waals surface area contributed by atoms with Crippen LogP contribution >= 0.6 is 0 Å². The minimum Gasteiger partial charge on any atom is -0.384 e. The second-order valence-corrected chi connectivity index (χ2v) is 6.34. The monoisotopic (exact) mass is 348 g/mol. The van der Waals surface area contributed by atoms with E-state index in [9.17, 15) is 5.11 Å². The van der Waals surface area contributed by atoms with E-state index >= 15 is 0 Å². The molecule has 3 aromatic heterocycles. The van der Waals surface area contributed by atoms with Gasteiger partial charge in [-0.25, -0.2) is 9.97 Å². The Bertz CT molecular complexity index is 1190. The van der Waals surface area contributed by atoms with Gasteiger partial charge in [-0.15, -0.1) is 0 Å². The largest absolute Gasteiger partial charge is 0.384 e. The van der Waals surface area contributed by atoms with Gasteiger partial charge in [0.15, 0.2) is 0 Å². The standard InChI is InChI=1S/C20H19N5O/c1-13-6-7-14(9-16(13)15-5-4-8-21-10-15)17-11-22-19-24-18(20(2,3)26)12-23-25(17)19/h4-12,26H,1-3H3/i2D3. The van der Waals surface area contributed by atoms with Crippen molar-refractivity contribution in [3.05, 3.63) is 66.4 Å². The Morgan fingerprint density at radius 2 is 2.04 bits per heavy atom. The van der Waals surface area contributed by atoms with Crippen LogP contribution in [0.4, 0.5) is 0 Å². The maximum Gasteiger partial charge on any atom is 0.251 e. The van der Waals surface area contributed by atoms with Crippen molar-refractivity contribution in [3.8, 4) is 22.4 Å². The molecule has 0 aliphatic heterocycles. The van der Waals surface area contributed by atoms with Crippen LogP contribution in [-0.4, -0.2) is 29.7 Å². The molecule has 4 rings (SSSR count). The molecule has 0 spiro atoms. The van der Waals surface area contributed by atoms with Gasteiger partial charge in [-0.2, -0.15) is 9.61 Å². The highest BCUT2D eigenvalue weighted by molar-refractivity contribution is 5.74. The lowest BCUT2D eigenvalue weighted by molar-refractivity contribution is 0.0734. The summed E-state index contributed by atoms with van der Waals surface area (Å²) in [4.78, 5) is 12.7. The van der Waals surface area contributed by atoms with Crippen LogP contribution < -0.4 is 0 Å². The zero-order valence-corrected chi connectivity index (χ0v) is 14.4. The Labute approximate surface area is 155 Å². The summed E-state index contributed by atoms with van der Waals surface area (Å²) in [5.74, 6) is 0.213. The van der Waals surface area contributed by atoms with E-state index in [0.29, 0.717) is 5.69 Å². The first-order valence-electron chi connectivity index (χ1n) is 9.63. The third kappa shape index (κ3) is 2.84. The molecule has 3 heterocycles. The van der Waals surface area contributed by atoms with Crippen molar-refractivity contribution in [2.75, 3.05) is 0 Å². The van der Waals surface area contributed by atoms with Gasteiger partial charge < -0.3 is 5.11 Å². The number of benzene rings is 1. The molecule has 0 saturated heterocycles. The molecule has 1 atom stereocenters. The van der Waals surface area contributed by atoms with E-state index < -0.39 is 12.5 Å². The van der Waals surface area contributed by atoms with Gasteiger partial charge in [-0.3, -0.25) is 4.98 Å². The lowest BCUT2D eigenvalue weighted by atomic mass is 9.98. The van der Waals surface area contributed by atoms with Gasteiger partial charge in [0.1, 0.15) is 5.60 Å². The molecule has 0 fully saturated rings. The van der Waals surface area contributed by atoms with E-state index in [-0.39, 0.29) is 11.5 Å². The fraction of sp³-hybridized carbons (Fsp3) is 0.200. The van der Waals surface area contributed by atoms with Crippen LogP contribution in [0.2, 0.25) is 0 Å². The fourth-order valence-corrected chi connectivity index (χ4v) is 2.82. The average Bonchev–Trinajstić information content (AvgIpc) is 3.11. The van der Waals surface area contributed by atoms with Crippen LogP contribution in [0.25, 0.3) is 28.2 Å². The molecule has 1 aromatic carbocycles. The van der Waals surface area contributed by atoms with Crippen LogP contribution in [-0.2, 0) is 5.60 Å². The van der Waals surface area contributed by atoms with Crippen LogP contribution in [0.15, 0.2) is 55.1 Å². The minimum absolute atomic E-state index is 0.0536. The summed E-state index contributed by atoms with van der Waals surface area (Å²) in [5.41, 5.74) is 2.57. The fourth-order valence-electron chi connectivity index (χ4n) is 2.82. The number of hydrogen-bond donors (Lipinski definition) is 1. The minimum atomic E-state index is -2.63. The van der Waals surface area contributed by atoms with Crippen molar-refractivity contribution >= 4 is 5.78 Å². The maximum atomic E-state index is 10.4. The van der Waals surface area contributed by atoms with Gasteiger partial charge in [0, 0.05) is 27.6 Å². The summed E-state index contributed by atoms with van der Waals surface area (Å²) in [6, 6.07) is 9.89. The van der Waals surface area contributed by atoms with Crippen LogP contribution in [0.3, 0.4) is 0 Å². The highest BCUT2D eigenvalue weighted by Gasteiger charge is 2.20. The number of fused-ring (bicyclic) bond motifs is 1. The number of hydrogen-bond acceptors (Lipinski definition) is 5. The Hall–Kier alpha value is -3.12. The Morgan fingerprint density at radius 3 is 2.81 bits per heavy atom. The summed E-state index contributed by atoms with van der Waals surface area (Å²) in [6.45, 7) is 0.596. The van der Waals surface area contributed by atoms with Crippen molar-refractivity contribution in [2.45, 2.75) is 26.3 Å². The molecule has 1 N–H and O–H groups in total. The molecule has 26 heavy (non-hydrogen) atoms. The van der Waals surface area contributed by atoms with Crippen molar-refractivity contribution in [3.63, 3.8) is 0 Å². The first kappa shape index (κ1) is 13.1. The molecule has 0 aliphatic rings. The third-order valence-electron chi connectivity index (χ3n) is 4.24. The smallest absolute Gasteiger partial charge is 0.251 e. The average molecular weight is 348 g/mol.